The number of hydrogen-bond donors (Lipinski definition) is 2. The molecule has 0 radical (unpaired) electrons. The number of carbonyl (C=O) groups excluding carboxylic acids is 2. The Balaban J connectivity index is 1.74. The fourth-order valence-electron chi connectivity index (χ4n) is 5.71. The van der Waals surface area contributed by atoms with Crippen molar-refractivity contribution in [1.82, 2.24) is 9.97 Å². The summed E-state index contributed by atoms with van der Waals surface area (Å²) in [6, 6.07) is 15.8. The summed E-state index contributed by atoms with van der Waals surface area (Å²) in [6.45, 7) is 8.70. The molecule has 0 unspecified atom stereocenters. The number of carbonyl (C=O) groups is 2. The first-order valence-corrected chi connectivity index (χ1v) is 14.1. The van der Waals surface area contributed by atoms with Gasteiger partial charge in [0.25, 0.3) is 0 Å². The molecule has 4 aromatic rings. The second-order valence-electron chi connectivity index (χ2n) is 11.4. The number of methoxy groups -OCH3 is 2. The molecule has 0 saturated heterocycles. The molecule has 2 N–H and O–H groups in total. The first kappa shape index (κ1) is 27.5. The van der Waals surface area contributed by atoms with Crippen LogP contribution in [0.15, 0.2) is 60.0 Å². The number of ketones is 2. The highest BCUT2D eigenvalue weighted by Crippen LogP contribution is 2.43. The maximum atomic E-state index is 14.4. The summed E-state index contributed by atoms with van der Waals surface area (Å²) in [6.07, 6.45) is 3.35. The van der Waals surface area contributed by atoms with Crippen LogP contribution in [0.1, 0.15) is 63.1 Å². The van der Waals surface area contributed by atoms with Crippen LogP contribution in [0.5, 0.6) is 0 Å². The average Bonchev–Trinajstić information content (AvgIpc) is 3.49. The van der Waals surface area contributed by atoms with Crippen molar-refractivity contribution >= 4 is 44.5 Å². The van der Waals surface area contributed by atoms with Gasteiger partial charge in [-0.3, -0.25) is 9.59 Å². The molecular formula is C34H38N2O4. The van der Waals surface area contributed by atoms with Crippen LogP contribution in [0.4, 0.5) is 0 Å². The van der Waals surface area contributed by atoms with E-state index < -0.39 is 0 Å². The Bertz CT molecular complexity index is 1540. The lowest BCUT2D eigenvalue weighted by molar-refractivity contribution is -0.117. The number of aromatic amines is 2. The van der Waals surface area contributed by atoms with Gasteiger partial charge in [-0.25, -0.2) is 0 Å². The fraction of sp³-hybridized carbons (Fsp3) is 0.353. The van der Waals surface area contributed by atoms with E-state index in [4.69, 9.17) is 9.47 Å². The van der Waals surface area contributed by atoms with Crippen molar-refractivity contribution in [2.45, 2.75) is 53.4 Å². The Morgan fingerprint density at radius 3 is 1.35 bits per heavy atom. The van der Waals surface area contributed by atoms with Crippen molar-refractivity contribution in [2.75, 3.05) is 14.2 Å². The van der Waals surface area contributed by atoms with E-state index in [0.717, 1.165) is 70.0 Å². The predicted octanol–water partition coefficient (Wildman–Crippen LogP) is 7.39. The number of nitrogens with one attached hydrogen (secondary N) is 2. The zero-order valence-electron chi connectivity index (χ0n) is 24.2. The van der Waals surface area contributed by atoms with Gasteiger partial charge in [-0.1, -0.05) is 64.1 Å². The number of rotatable bonds is 10. The van der Waals surface area contributed by atoms with Crippen molar-refractivity contribution in [3.63, 3.8) is 0 Å². The molecule has 1 aliphatic rings. The van der Waals surface area contributed by atoms with Gasteiger partial charge in [-0.05, 0) is 49.7 Å². The molecule has 6 nitrogen and oxygen atoms in total. The predicted molar refractivity (Wildman–Crippen MR) is 161 cm³/mol. The number of aryl methyl sites for hydroxylation is 2. The van der Waals surface area contributed by atoms with Crippen LogP contribution in [0.2, 0.25) is 0 Å². The Kier molecular flexibility index (Phi) is 7.70. The second-order valence-corrected chi connectivity index (χ2v) is 11.4. The third-order valence-electron chi connectivity index (χ3n) is 7.74. The molecule has 0 bridgehead atoms. The lowest BCUT2D eigenvalue weighted by atomic mass is 9.83. The van der Waals surface area contributed by atoms with Gasteiger partial charge in [-0.2, -0.15) is 0 Å². The summed E-state index contributed by atoms with van der Waals surface area (Å²) in [5, 5.41) is 1.77. The molecule has 208 valence electrons. The molecule has 6 heteroatoms. The highest BCUT2D eigenvalue weighted by molar-refractivity contribution is 6.48. The Morgan fingerprint density at radius 1 is 0.625 bits per heavy atom. The largest absolute Gasteiger partial charge is 0.492 e. The van der Waals surface area contributed by atoms with Crippen molar-refractivity contribution < 1.29 is 19.1 Å². The van der Waals surface area contributed by atoms with Gasteiger partial charge in [0, 0.05) is 44.3 Å². The van der Waals surface area contributed by atoms with E-state index in [9.17, 15) is 9.59 Å². The number of benzene rings is 2. The Morgan fingerprint density at radius 2 is 1.00 bits per heavy atom. The van der Waals surface area contributed by atoms with Gasteiger partial charge in [0.2, 0.25) is 11.6 Å². The SMILES string of the molecule is COC1=C(c2c(CCC(C)C)[nH]c3ccccc23)C(=O)C(OC)=C(c2c(CCC(C)C)[nH]c3ccccc23)C1=O. The quantitative estimate of drug-likeness (QED) is 0.206. The summed E-state index contributed by atoms with van der Waals surface area (Å²) < 4.78 is 11.6. The van der Waals surface area contributed by atoms with E-state index in [0.29, 0.717) is 11.8 Å². The molecule has 2 aromatic heterocycles. The molecular weight excluding hydrogens is 500 g/mol. The molecule has 0 spiro atoms. The molecule has 0 amide bonds. The van der Waals surface area contributed by atoms with E-state index in [1.54, 1.807) is 0 Å². The fourth-order valence-corrected chi connectivity index (χ4v) is 5.71. The van der Waals surface area contributed by atoms with E-state index in [2.05, 4.69) is 37.7 Å². The summed E-state index contributed by atoms with van der Waals surface area (Å²) in [5.74, 6) is 0.374. The maximum Gasteiger partial charge on any atom is 0.232 e. The standard InChI is InChI=1S/C34H38N2O4/c1-19(2)15-17-25-27(21-11-7-9-13-23(21)35-25)29-31(37)34(40-6)30(32(38)33(29)39-5)28-22-12-8-10-14-24(22)36-26(28)18-16-20(3)4/h7-14,19-20,35-36H,15-18H2,1-6H3. The number of fused-ring (bicyclic) bond motifs is 2. The molecule has 40 heavy (non-hydrogen) atoms. The molecule has 0 saturated carbocycles. The first-order valence-electron chi connectivity index (χ1n) is 14.1. The lowest BCUT2D eigenvalue weighted by Crippen LogP contribution is -2.25. The third kappa shape index (κ3) is 4.76. The molecule has 5 rings (SSSR count). The van der Waals surface area contributed by atoms with E-state index in [-0.39, 0.29) is 34.2 Å². The minimum atomic E-state index is -0.343. The first-order chi connectivity index (χ1) is 19.3. The molecule has 0 fully saturated rings. The summed E-state index contributed by atoms with van der Waals surface area (Å²) in [4.78, 5) is 35.9. The van der Waals surface area contributed by atoms with Crippen LogP contribution >= 0.6 is 0 Å². The van der Waals surface area contributed by atoms with E-state index in [1.165, 1.54) is 14.2 Å². The van der Waals surface area contributed by atoms with Crippen LogP contribution in [0, 0.1) is 11.8 Å². The van der Waals surface area contributed by atoms with Crippen molar-refractivity contribution in [1.29, 1.82) is 0 Å². The Hall–Kier alpha value is -4.06. The van der Waals surface area contributed by atoms with Crippen LogP contribution in [0.25, 0.3) is 33.0 Å². The monoisotopic (exact) mass is 538 g/mol. The smallest absolute Gasteiger partial charge is 0.232 e. The number of H-pyrrole nitrogens is 2. The average molecular weight is 539 g/mol. The minimum absolute atomic E-state index is 0.0523. The van der Waals surface area contributed by atoms with Gasteiger partial charge in [0.1, 0.15) is 0 Å². The molecule has 2 heterocycles. The number of allylic oxidation sites excluding steroid dienone is 2. The van der Waals surface area contributed by atoms with Gasteiger partial charge in [0.05, 0.1) is 25.4 Å². The van der Waals surface area contributed by atoms with Crippen LogP contribution < -0.4 is 0 Å². The number of para-hydroxylation sites is 2. The highest BCUT2D eigenvalue weighted by Gasteiger charge is 2.41. The van der Waals surface area contributed by atoms with Gasteiger partial charge < -0.3 is 19.4 Å². The molecule has 0 aliphatic heterocycles. The summed E-state index contributed by atoms with van der Waals surface area (Å²) >= 11 is 0. The van der Waals surface area contributed by atoms with Crippen molar-refractivity contribution in [2.24, 2.45) is 11.8 Å². The number of ether oxygens (including phenoxy) is 2. The van der Waals surface area contributed by atoms with E-state index in [1.807, 2.05) is 48.5 Å². The van der Waals surface area contributed by atoms with Crippen LogP contribution in [0.3, 0.4) is 0 Å². The van der Waals surface area contributed by atoms with E-state index >= 15 is 0 Å². The Labute approximate surface area is 235 Å². The number of Topliss-reactive ketones (excluding diaryl/α,β-unsaturated/α-hetero) is 2. The molecule has 0 atom stereocenters. The molecule has 1 aliphatic carbocycles. The lowest BCUT2D eigenvalue weighted by Gasteiger charge is -2.23. The summed E-state index contributed by atoms with van der Waals surface area (Å²) in [7, 11) is 2.93. The maximum absolute atomic E-state index is 14.4. The third-order valence-corrected chi connectivity index (χ3v) is 7.74. The number of hydrogen-bond acceptors (Lipinski definition) is 4. The zero-order valence-corrected chi connectivity index (χ0v) is 24.2. The number of aromatic nitrogens is 2. The van der Waals surface area contributed by atoms with Gasteiger partial charge >= 0.3 is 0 Å². The van der Waals surface area contributed by atoms with Gasteiger partial charge in [0.15, 0.2) is 11.5 Å². The second kappa shape index (κ2) is 11.2. The van der Waals surface area contributed by atoms with Crippen molar-refractivity contribution in [3.8, 4) is 0 Å². The zero-order chi connectivity index (χ0) is 28.6. The topological polar surface area (TPSA) is 84.2 Å². The van der Waals surface area contributed by atoms with Crippen molar-refractivity contribution in [3.05, 3.63) is 82.6 Å². The van der Waals surface area contributed by atoms with Crippen LogP contribution in [-0.2, 0) is 31.9 Å². The minimum Gasteiger partial charge on any atom is -0.492 e. The highest BCUT2D eigenvalue weighted by atomic mass is 16.5. The normalized spacial score (nSPS) is 14.5. The van der Waals surface area contributed by atoms with Crippen LogP contribution in [-0.4, -0.2) is 35.8 Å². The summed E-state index contributed by atoms with van der Waals surface area (Å²) in [5.41, 5.74) is 5.63. The van der Waals surface area contributed by atoms with Gasteiger partial charge in [-0.15, -0.1) is 0 Å². The molecule has 2 aromatic carbocycles.